The number of fused-ring (bicyclic) bond motifs is 8. The molecule has 5 nitrogen and oxygen atoms in total. The molecular weight excluding hydrogens is 388 g/mol. The van der Waals surface area contributed by atoms with E-state index in [4.69, 9.17) is 11.6 Å². The van der Waals surface area contributed by atoms with Crippen LogP contribution in [0.25, 0.3) is 0 Å². The molecule has 148 valence electrons. The highest BCUT2D eigenvalue weighted by molar-refractivity contribution is 6.30. The van der Waals surface area contributed by atoms with Gasteiger partial charge in [0.05, 0.1) is 29.6 Å². The molecule has 2 aromatic rings. The number of rotatable bonds is 1. The smallest absolute Gasteiger partial charge is 0.240 e. The Morgan fingerprint density at radius 1 is 0.897 bits per heavy atom. The second-order valence-corrected chi connectivity index (χ2v) is 9.46. The third-order valence-corrected chi connectivity index (χ3v) is 6.49. The van der Waals surface area contributed by atoms with Crippen LogP contribution in [-0.4, -0.2) is 22.6 Å². The Morgan fingerprint density at radius 3 is 2.07 bits per heavy atom. The lowest BCUT2D eigenvalue weighted by Crippen LogP contribution is -2.42. The molecule has 0 N–H and O–H groups in total. The van der Waals surface area contributed by atoms with Crippen molar-refractivity contribution in [2.75, 3.05) is 4.90 Å². The fraction of sp³-hybridized carbons (Fsp3) is 0.348. The lowest BCUT2D eigenvalue weighted by atomic mass is 9.77. The number of carbonyl (C=O) groups excluding carboxylic acids is 3. The maximum Gasteiger partial charge on any atom is 0.240 e. The van der Waals surface area contributed by atoms with Crippen LogP contribution in [0.5, 0.6) is 0 Å². The number of benzene rings is 2. The van der Waals surface area contributed by atoms with Crippen LogP contribution >= 0.6 is 11.6 Å². The Hall–Kier alpha value is -2.66. The summed E-state index contributed by atoms with van der Waals surface area (Å²) in [6, 6.07) is 13.6. The number of hydrogen-bond donors (Lipinski definition) is 0. The van der Waals surface area contributed by atoms with Gasteiger partial charge in [-0.1, -0.05) is 56.6 Å². The number of anilines is 1. The van der Waals surface area contributed by atoms with Crippen molar-refractivity contribution in [1.29, 1.82) is 0 Å². The van der Waals surface area contributed by atoms with E-state index >= 15 is 0 Å². The van der Waals surface area contributed by atoms with E-state index in [1.54, 1.807) is 23.1 Å². The van der Waals surface area contributed by atoms with Crippen molar-refractivity contribution in [1.82, 2.24) is 4.90 Å². The summed E-state index contributed by atoms with van der Waals surface area (Å²) in [5, 5.41) is 0.563. The van der Waals surface area contributed by atoms with Crippen molar-refractivity contribution < 1.29 is 14.4 Å². The van der Waals surface area contributed by atoms with Crippen LogP contribution in [0.4, 0.5) is 5.69 Å². The molecule has 2 aromatic carbocycles. The predicted molar refractivity (Wildman–Crippen MR) is 109 cm³/mol. The summed E-state index contributed by atoms with van der Waals surface area (Å²) in [6.07, 6.45) is 0. The lowest BCUT2D eigenvalue weighted by molar-refractivity contribution is -0.143. The summed E-state index contributed by atoms with van der Waals surface area (Å²) in [6.45, 7) is 5.58. The van der Waals surface area contributed by atoms with Gasteiger partial charge in [-0.3, -0.25) is 14.4 Å². The number of carbonyl (C=O) groups is 3. The molecule has 3 amide bonds. The van der Waals surface area contributed by atoms with Crippen LogP contribution < -0.4 is 4.90 Å². The molecule has 0 saturated carbocycles. The van der Waals surface area contributed by atoms with E-state index in [2.05, 4.69) is 0 Å². The Bertz CT molecular complexity index is 1060. The summed E-state index contributed by atoms with van der Waals surface area (Å²) >= 11 is 6.24. The fourth-order valence-corrected chi connectivity index (χ4v) is 5.31. The van der Waals surface area contributed by atoms with Crippen molar-refractivity contribution in [3.05, 3.63) is 64.7 Å². The molecular formula is C23H21ClN2O3. The standard InChI is InChI=1S/C23H21ClN2O3/c1-23(2,3)22(29)26-18-14-10-9-12(24)11-15(14)19(26)17-16(18)20(27)25(21(17)28)13-7-5-4-6-8-13/h4-11,16-19H,1-3H3/t16-,17+,18-,19-/m0/s1. The van der Waals surface area contributed by atoms with Crippen molar-refractivity contribution in [2.45, 2.75) is 32.9 Å². The van der Waals surface area contributed by atoms with Gasteiger partial charge in [0, 0.05) is 10.4 Å². The highest BCUT2D eigenvalue weighted by Crippen LogP contribution is 2.63. The Morgan fingerprint density at radius 2 is 1.48 bits per heavy atom. The molecule has 4 atom stereocenters. The normalized spacial score (nSPS) is 27.4. The molecule has 0 unspecified atom stereocenters. The van der Waals surface area contributed by atoms with Gasteiger partial charge in [0.25, 0.3) is 0 Å². The number of para-hydroxylation sites is 1. The van der Waals surface area contributed by atoms with Crippen molar-refractivity contribution in [2.24, 2.45) is 17.3 Å². The van der Waals surface area contributed by atoms with Gasteiger partial charge in [0.1, 0.15) is 0 Å². The van der Waals surface area contributed by atoms with Gasteiger partial charge in [0.15, 0.2) is 0 Å². The molecule has 29 heavy (non-hydrogen) atoms. The van der Waals surface area contributed by atoms with Gasteiger partial charge < -0.3 is 4.90 Å². The molecule has 0 aromatic heterocycles. The summed E-state index contributed by atoms with van der Waals surface area (Å²) < 4.78 is 0. The summed E-state index contributed by atoms with van der Waals surface area (Å²) in [7, 11) is 0. The van der Waals surface area contributed by atoms with E-state index in [1.165, 1.54) is 4.90 Å². The molecule has 2 fully saturated rings. The van der Waals surface area contributed by atoms with Gasteiger partial charge in [-0.25, -0.2) is 4.90 Å². The molecule has 3 aliphatic heterocycles. The third-order valence-electron chi connectivity index (χ3n) is 6.25. The monoisotopic (exact) mass is 408 g/mol. The first-order valence-electron chi connectivity index (χ1n) is 9.77. The minimum Gasteiger partial charge on any atom is -0.326 e. The Labute approximate surface area is 174 Å². The summed E-state index contributed by atoms with van der Waals surface area (Å²) in [5.41, 5.74) is 1.77. The predicted octanol–water partition coefficient (Wildman–Crippen LogP) is 4.13. The second kappa shape index (κ2) is 5.92. The van der Waals surface area contributed by atoms with Crippen molar-refractivity contribution in [3.8, 4) is 0 Å². The van der Waals surface area contributed by atoms with E-state index in [0.29, 0.717) is 10.7 Å². The fourth-order valence-electron chi connectivity index (χ4n) is 5.13. The number of halogens is 1. The molecule has 5 rings (SSSR count). The number of imide groups is 1. The Balaban J connectivity index is 1.66. The van der Waals surface area contributed by atoms with Crippen LogP contribution in [0.15, 0.2) is 48.5 Å². The maximum atomic E-state index is 13.4. The first-order valence-corrected chi connectivity index (χ1v) is 10.1. The SMILES string of the molecule is CC(C)(C)C(=O)N1[C@H]2c3cc(Cl)ccc3[C@H]1[C@H]1C(=O)N(c3ccccc3)C(=O)[C@H]12. The van der Waals surface area contributed by atoms with E-state index in [9.17, 15) is 14.4 Å². The average Bonchev–Trinajstić information content (AvgIpc) is 3.26. The van der Waals surface area contributed by atoms with Gasteiger partial charge in [-0.05, 0) is 35.4 Å². The number of amides is 3. The minimum absolute atomic E-state index is 0.0546. The highest BCUT2D eigenvalue weighted by Gasteiger charge is 2.68. The first-order chi connectivity index (χ1) is 13.7. The van der Waals surface area contributed by atoms with Gasteiger partial charge in [0.2, 0.25) is 17.7 Å². The zero-order valence-electron chi connectivity index (χ0n) is 16.4. The molecule has 0 radical (unpaired) electrons. The number of nitrogens with zero attached hydrogens (tertiary/aromatic N) is 2. The number of hydrogen-bond acceptors (Lipinski definition) is 3. The quantitative estimate of drug-likeness (QED) is 0.666. The van der Waals surface area contributed by atoms with Gasteiger partial charge >= 0.3 is 0 Å². The zero-order valence-corrected chi connectivity index (χ0v) is 17.2. The zero-order chi connectivity index (χ0) is 20.7. The summed E-state index contributed by atoms with van der Waals surface area (Å²) in [5.74, 6) is -1.67. The van der Waals surface area contributed by atoms with Crippen LogP contribution in [0.2, 0.25) is 5.02 Å². The topological polar surface area (TPSA) is 57.7 Å². The van der Waals surface area contributed by atoms with Gasteiger partial charge in [-0.15, -0.1) is 0 Å². The largest absolute Gasteiger partial charge is 0.326 e. The van der Waals surface area contributed by atoms with E-state index in [-0.39, 0.29) is 17.7 Å². The van der Waals surface area contributed by atoms with Crippen molar-refractivity contribution >= 4 is 35.0 Å². The minimum atomic E-state index is -0.619. The average molecular weight is 409 g/mol. The molecule has 3 heterocycles. The Kier molecular flexibility index (Phi) is 3.75. The first kappa shape index (κ1) is 18.4. The summed E-state index contributed by atoms with van der Waals surface area (Å²) in [4.78, 5) is 43.3. The molecule has 6 heteroatoms. The second-order valence-electron chi connectivity index (χ2n) is 9.02. The molecule has 2 saturated heterocycles. The molecule has 2 bridgehead atoms. The molecule has 0 spiro atoms. The maximum absolute atomic E-state index is 13.4. The van der Waals surface area contributed by atoms with Crippen LogP contribution in [0.3, 0.4) is 0 Å². The van der Waals surface area contributed by atoms with Crippen molar-refractivity contribution in [3.63, 3.8) is 0 Å². The van der Waals surface area contributed by atoms with Crippen LogP contribution in [0, 0.1) is 17.3 Å². The molecule has 0 aliphatic carbocycles. The lowest BCUT2D eigenvalue weighted by Gasteiger charge is -2.32. The van der Waals surface area contributed by atoms with E-state index < -0.39 is 29.3 Å². The third kappa shape index (κ3) is 2.37. The van der Waals surface area contributed by atoms with Crippen LogP contribution in [-0.2, 0) is 14.4 Å². The van der Waals surface area contributed by atoms with E-state index in [1.807, 2.05) is 51.1 Å². The van der Waals surface area contributed by atoms with E-state index in [0.717, 1.165) is 11.1 Å². The highest BCUT2D eigenvalue weighted by atomic mass is 35.5. The van der Waals surface area contributed by atoms with Gasteiger partial charge in [-0.2, -0.15) is 0 Å². The van der Waals surface area contributed by atoms with Crippen LogP contribution in [0.1, 0.15) is 44.0 Å². The molecule has 3 aliphatic rings.